The molecule has 0 radical (unpaired) electrons. The standard InChI is InChI=1S/C27H28N4O4S2/c1-16-24(37-15-29-16)18-8-6-17(7-9-18)11-28-25(33)22-10-20(32)13-31(22)27(35)23(14-36)30-12-19-4-2-3-5-21(19)26(30)34/h2-9,15,20,22-23,32,36H,10-14H2,1H3,(H,28,33)/t20?,22-,23-/m0/s1. The summed E-state index contributed by atoms with van der Waals surface area (Å²) in [6, 6.07) is 13.5. The molecule has 3 heterocycles. The molecule has 1 saturated heterocycles. The maximum atomic E-state index is 13.6. The van der Waals surface area contributed by atoms with Crippen LogP contribution in [0.25, 0.3) is 10.4 Å². The number of hydrogen-bond donors (Lipinski definition) is 3. The summed E-state index contributed by atoms with van der Waals surface area (Å²) in [4.78, 5) is 48.0. The van der Waals surface area contributed by atoms with Crippen LogP contribution in [0.5, 0.6) is 0 Å². The monoisotopic (exact) mass is 536 g/mol. The highest BCUT2D eigenvalue weighted by Crippen LogP contribution is 2.29. The number of nitrogens with one attached hydrogen (secondary N) is 1. The second-order valence-corrected chi connectivity index (χ2v) is 10.6. The second-order valence-electron chi connectivity index (χ2n) is 9.37. The van der Waals surface area contributed by atoms with Gasteiger partial charge < -0.3 is 20.2 Å². The molecule has 2 aromatic carbocycles. The Kier molecular flexibility index (Phi) is 7.32. The molecule has 2 aliphatic rings. The third-order valence-electron chi connectivity index (χ3n) is 6.98. The number of aryl methyl sites for hydroxylation is 1. The summed E-state index contributed by atoms with van der Waals surface area (Å²) >= 11 is 5.95. The number of rotatable bonds is 7. The molecule has 8 nitrogen and oxygen atoms in total. The predicted octanol–water partition coefficient (Wildman–Crippen LogP) is 2.65. The number of β-amino-alcohol motifs (C(OH)–C–C–N with tert-alkyl or cyclic N) is 1. The molecule has 0 aliphatic carbocycles. The molecule has 0 spiro atoms. The minimum atomic E-state index is -0.827. The Labute approximate surface area is 224 Å². The van der Waals surface area contributed by atoms with E-state index in [1.165, 1.54) is 9.80 Å². The van der Waals surface area contributed by atoms with Crippen LogP contribution in [-0.4, -0.2) is 68.1 Å². The topological polar surface area (TPSA) is 103 Å². The number of carbonyl (C=O) groups is 3. The third kappa shape index (κ3) is 5.01. The molecule has 0 bridgehead atoms. The van der Waals surface area contributed by atoms with Gasteiger partial charge in [0.2, 0.25) is 11.8 Å². The molecule has 3 amide bonds. The summed E-state index contributed by atoms with van der Waals surface area (Å²) in [6.07, 6.45) is -0.664. The van der Waals surface area contributed by atoms with Crippen LogP contribution in [0.3, 0.4) is 0 Å². The highest BCUT2D eigenvalue weighted by atomic mass is 32.1. The number of fused-ring (bicyclic) bond motifs is 1. The first-order chi connectivity index (χ1) is 17.9. The summed E-state index contributed by atoms with van der Waals surface area (Å²) in [7, 11) is 0. The Balaban J connectivity index is 1.25. The Bertz CT molecular complexity index is 1330. The van der Waals surface area contributed by atoms with Crippen molar-refractivity contribution in [3.8, 4) is 10.4 Å². The smallest absolute Gasteiger partial charge is 0.255 e. The van der Waals surface area contributed by atoms with E-state index in [1.807, 2.05) is 48.8 Å². The van der Waals surface area contributed by atoms with Crippen molar-refractivity contribution in [3.05, 3.63) is 76.4 Å². The van der Waals surface area contributed by atoms with Crippen molar-refractivity contribution in [2.24, 2.45) is 0 Å². The van der Waals surface area contributed by atoms with E-state index in [-0.39, 0.29) is 36.4 Å². The Hall–Kier alpha value is -3.21. The van der Waals surface area contributed by atoms with Gasteiger partial charge in [-0.05, 0) is 29.7 Å². The van der Waals surface area contributed by atoms with Gasteiger partial charge in [0.1, 0.15) is 12.1 Å². The zero-order valence-corrected chi connectivity index (χ0v) is 22.0. The fourth-order valence-corrected chi connectivity index (χ4v) is 6.16. The van der Waals surface area contributed by atoms with E-state index >= 15 is 0 Å². The maximum Gasteiger partial charge on any atom is 0.255 e. The van der Waals surface area contributed by atoms with Crippen molar-refractivity contribution in [3.63, 3.8) is 0 Å². The molecule has 1 fully saturated rings. The van der Waals surface area contributed by atoms with Crippen LogP contribution in [0.1, 0.15) is 33.6 Å². The van der Waals surface area contributed by atoms with Crippen LogP contribution in [0.15, 0.2) is 54.0 Å². The summed E-state index contributed by atoms with van der Waals surface area (Å²) in [5, 5.41) is 13.2. The van der Waals surface area contributed by atoms with Gasteiger partial charge in [0.05, 0.1) is 22.2 Å². The van der Waals surface area contributed by atoms with E-state index in [2.05, 4.69) is 22.9 Å². The van der Waals surface area contributed by atoms with E-state index in [9.17, 15) is 19.5 Å². The van der Waals surface area contributed by atoms with Crippen molar-refractivity contribution in [2.75, 3.05) is 12.3 Å². The summed E-state index contributed by atoms with van der Waals surface area (Å²) in [6.45, 7) is 2.63. The van der Waals surface area contributed by atoms with E-state index in [1.54, 1.807) is 23.5 Å². The largest absolute Gasteiger partial charge is 0.391 e. The van der Waals surface area contributed by atoms with Crippen molar-refractivity contribution in [2.45, 2.75) is 44.6 Å². The quantitative estimate of drug-likeness (QED) is 0.403. The van der Waals surface area contributed by atoms with Gasteiger partial charge in [-0.15, -0.1) is 11.3 Å². The summed E-state index contributed by atoms with van der Waals surface area (Å²) in [5.41, 5.74) is 6.23. The minimum absolute atomic E-state index is 0.0407. The van der Waals surface area contributed by atoms with Crippen molar-refractivity contribution < 1.29 is 19.5 Å². The van der Waals surface area contributed by atoms with Gasteiger partial charge in [-0.25, -0.2) is 4.98 Å². The predicted molar refractivity (Wildman–Crippen MR) is 144 cm³/mol. The lowest BCUT2D eigenvalue weighted by Gasteiger charge is -2.32. The van der Waals surface area contributed by atoms with Crippen molar-refractivity contribution in [1.82, 2.24) is 20.1 Å². The molecule has 2 N–H and O–H groups in total. The average molecular weight is 537 g/mol. The first-order valence-corrected chi connectivity index (χ1v) is 13.6. The van der Waals surface area contributed by atoms with Crippen molar-refractivity contribution in [1.29, 1.82) is 0 Å². The molecule has 37 heavy (non-hydrogen) atoms. The molecular weight excluding hydrogens is 508 g/mol. The first-order valence-electron chi connectivity index (χ1n) is 12.1. The summed E-state index contributed by atoms with van der Waals surface area (Å²) < 4.78 is 0. The third-order valence-corrected chi connectivity index (χ3v) is 8.30. The Morgan fingerprint density at radius 1 is 1.22 bits per heavy atom. The minimum Gasteiger partial charge on any atom is -0.391 e. The van der Waals surface area contributed by atoms with Crippen LogP contribution in [0, 0.1) is 6.92 Å². The zero-order chi connectivity index (χ0) is 26.1. The number of aromatic nitrogens is 1. The molecule has 1 unspecified atom stereocenters. The number of carbonyl (C=O) groups excluding carboxylic acids is 3. The van der Waals surface area contributed by atoms with Crippen LogP contribution in [0.2, 0.25) is 0 Å². The highest BCUT2D eigenvalue weighted by Gasteiger charge is 2.44. The van der Waals surface area contributed by atoms with Crippen molar-refractivity contribution >= 4 is 41.7 Å². The van der Waals surface area contributed by atoms with E-state index in [4.69, 9.17) is 0 Å². The second kappa shape index (κ2) is 10.6. The zero-order valence-electron chi connectivity index (χ0n) is 20.3. The molecule has 192 valence electrons. The van der Waals surface area contributed by atoms with E-state index in [0.29, 0.717) is 18.7 Å². The maximum absolute atomic E-state index is 13.6. The normalized spacial score (nSPS) is 19.7. The fourth-order valence-electron chi connectivity index (χ4n) is 5.00. The lowest BCUT2D eigenvalue weighted by Crippen LogP contribution is -2.54. The number of aliphatic hydroxyl groups is 1. The van der Waals surface area contributed by atoms with E-state index < -0.39 is 18.2 Å². The van der Waals surface area contributed by atoms with Crippen LogP contribution < -0.4 is 5.32 Å². The fraction of sp³-hybridized carbons (Fsp3) is 0.333. The van der Waals surface area contributed by atoms with Crippen LogP contribution >= 0.6 is 24.0 Å². The lowest BCUT2D eigenvalue weighted by molar-refractivity contribution is -0.141. The van der Waals surface area contributed by atoms with Gasteiger partial charge in [-0.1, -0.05) is 42.5 Å². The van der Waals surface area contributed by atoms with Gasteiger partial charge in [-0.2, -0.15) is 12.6 Å². The highest BCUT2D eigenvalue weighted by molar-refractivity contribution is 7.80. The van der Waals surface area contributed by atoms with Gasteiger partial charge in [0, 0.05) is 37.4 Å². The van der Waals surface area contributed by atoms with E-state index in [0.717, 1.165) is 27.3 Å². The Morgan fingerprint density at radius 3 is 2.65 bits per heavy atom. The van der Waals surface area contributed by atoms with Gasteiger partial charge in [0.15, 0.2) is 0 Å². The number of nitrogens with zero attached hydrogens (tertiary/aromatic N) is 3. The van der Waals surface area contributed by atoms with Gasteiger partial charge >= 0.3 is 0 Å². The van der Waals surface area contributed by atoms with Gasteiger partial charge in [-0.3, -0.25) is 14.4 Å². The number of thiazole rings is 1. The number of aliphatic hydroxyl groups excluding tert-OH is 1. The molecule has 10 heteroatoms. The number of thiol groups is 1. The average Bonchev–Trinajstić information content (AvgIpc) is 3.60. The first kappa shape index (κ1) is 25.4. The number of hydrogen-bond acceptors (Lipinski definition) is 7. The number of likely N-dealkylation sites (tertiary alicyclic amines) is 1. The molecule has 3 aromatic rings. The molecule has 3 atom stereocenters. The molecule has 0 saturated carbocycles. The lowest BCUT2D eigenvalue weighted by atomic mass is 10.1. The SMILES string of the molecule is Cc1ncsc1-c1ccc(CNC(=O)[C@@H]2CC(O)CN2C(=O)[C@H](CS)N2Cc3ccccc3C2=O)cc1. The number of benzene rings is 2. The molecule has 5 rings (SSSR count). The van der Waals surface area contributed by atoms with Crippen LogP contribution in [0.4, 0.5) is 0 Å². The van der Waals surface area contributed by atoms with Crippen LogP contribution in [-0.2, 0) is 22.7 Å². The number of amides is 3. The van der Waals surface area contributed by atoms with Gasteiger partial charge in [0.25, 0.3) is 5.91 Å². The molecular formula is C27H28N4O4S2. The Morgan fingerprint density at radius 2 is 1.97 bits per heavy atom. The molecule has 1 aromatic heterocycles. The molecule has 2 aliphatic heterocycles. The summed E-state index contributed by atoms with van der Waals surface area (Å²) in [5.74, 6) is -0.815.